The van der Waals surface area contributed by atoms with Crippen LogP contribution >= 0.6 is 0 Å². The third-order valence-corrected chi connectivity index (χ3v) is 5.04. The molecule has 0 saturated carbocycles. The molecule has 1 aliphatic rings. The molecule has 0 unspecified atom stereocenters. The number of hydrogen-bond donors (Lipinski definition) is 1. The van der Waals surface area contributed by atoms with Crippen LogP contribution in [0.3, 0.4) is 0 Å². The normalized spacial score (nSPS) is 14.5. The Balaban J connectivity index is 1.30. The minimum Gasteiger partial charge on any atom is -0.457 e. The molecule has 0 radical (unpaired) electrons. The quantitative estimate of drug-likeness (QED) is 0.567. The molecular weight excluding hydrogens is 451 g/mol. The number of nitrogens with one attached hydrogen (secondary N) is 1. The number of anilines is 1. The number of nitrogens with zero attached hydrogens (tertiary/aromatic N) is 4. The molecule has 4 rings (SSSR count). The fraction of sp³-hybridized carbons (Fsp3) is 0.261. The molecule has 34 heavy (non-hydrogen) atoms. The number of amides is 2. The summed E-state index contributed by atoms with van der Waals surface area (Å²) in [6.07, 6.45) is -0.228. The fourth-order valence-corrected chi connectivity index (χ4v) is 3.50. The highest BCUT2D eigenvalue weighted by atomic mass is 19.4. The lowest BCUT2D eigenvalue weighted by atomic mass is 10.2. The van der Waals surface area contributed by atoms with Crippen molar-refractivity contribution in [2.75, 3.05) is 31.5 Å². The van der Waals surface area contributed by atoms with E-state index in [0.29, 0.717) is 44.3 Å². The van der Waals surface area contributed by atoms with Crippen molar-refractivity contribution in [2.24, 2.45) is 0 Å². The Bertz CT molecular complexity index is 1110. The lowest BCUT2D eigenvalue weighted by Crippen LogP contribution is -2.49. The Kier molecular flexibility index (Phi) is 7.12. The second-order valence-electron chi connectivity index (χ2n) is 7.56. The maximum Gasteiger partial charge on any atom is 0.573 e. The van der Waals surface area contributed by atoms with E-state index in [1.165, 1.54) is 36.8 Å². The standard InChI is InChI=1S/C23H22F3N5O3/c24-23(25,26)34-20-6-2-5-19(14-20)33-18-4-1-3-17(13-18)16-30-9-11-31(12-10-30)22(32)29-21-15-27-7-8-28-21/h1-8,13-15H,9-12,16H2,(H,28,29,32). The van der Waals surface area contributed by atoms with Crippen molar-refractivity contribution < 1.29 is 27.4 Å². The Hall–Kier alpha value is -3.86. The lowest BCUT2D eigenvalue weighted by Gasteiger charge is -2.34. The molecule has 1 aromatic heterocycles. The number of benzene rings is 2. The molecule has 1 saturated heterocycles. The molecule has 178 valence electrons. The molecule has 0 spiro atoms. The van der Waals surface area contributed by atoms with Crippen molar-refractivity contribution in [1.82, 2.24) is 19.8 Å². The molecule has 0 aliphatic carbocycles. The molecule has 2 amide bonds. The van der Waals surface area contributed by atoms with E-state index in [4.69, 9.17) is 4.74 Å². The molecule has 2 heterocycles. The molecule has 0 atom stereocenters. The van der Waals surface area contributed by atoms with Crippen molar-refractivity contribution in [3.05, 3.63) is 72.7 Å². The predicted molar refractivity (Wildman–Crippen MR) is 118 cm³/mol. The average Bonchev–Trinajstić information content (AvgIpc) is 2.79. The van der Waals surface area contributed by atoms with E-state index in [9.17, 15) is 18.0 Å². The molecule has 1 N–H and O–H groups in total. The molecule has 1 fully saturated rings. The van der Waals surface area contributed by atoms with Crippen molar-refractivity contribution in [1.29, 1.82) is 0 Å². The molecule has 0 bridgehead atoms. The van der Waals surface area contributed by atoms with Gasteiger partial charge >= 0.3 is 12.4 Å². The van der Waals surface area contributed by atoms with Crippen LogP contribution in [0.1, 0.15) is 5.56 Å². The van der Waals surface area contributed by atoms with Crippen molar-refractivity contribution in [3.8, 4) is 17.2 Å². The first-order chi connectivity index (χ1) is 16.3. The van der Waals surface area contributed by atoms with E-state index in [1.807, 2.05) is 18.2 Å². The fourth-order valence-electron chi connectivity index (χ4n) is 3.50. The van der Waals surface area contributed by atoms with Gasteiger partial charge in [-0.15, -0.1) is 13.2 Å². The number of piperazine rings is 1. The van der Waals surface area contributed by atoms with Crippen molar-refractivity contribution in [3.63, 3.8) is 0 Å². The van der Waals surface area contributed by atoms with Gasteiger partial charge in [-0.05, 0) is 29.8 Å². The first-order valence-electron chi connectivity index (χ1n) is 10.5. The van der Waals surface area contributed by atoms with Crippen LogP contribution in [-0.2, 0) is 6.54 Å². The number of urea groups is 1. The number of aromatic nitrogens is 2. The van der Waals surface area contributed by atoms with Gasteiger partial charge in [-0.2, -0.15) is 0 Å². The molecule has 2 aromatic carbocycles. The summed E-state index contributed by atoms with van der Waals surface area (Å²) in [6, 6.07) is 12.5. The van der Waals surface area contributed by atoms with E-state index < -0.39 is 6.36 Å². The van der Waals surface area contributed by atoms with E-state index in [2.05, 4.69) is 24.9 Å². The second-order valence-corrected chi connectivity index (χ2v) is 7.56. The van der Waals surface area contributed by atoms with Crippen molar-refractivity contribution in [2.45, 2.75) is 12.9 Å². The molecular formula is C23H22F3N5O3. The molecule has 1 aliphatic heterocycles. The Morgan fingerprint density at radius 1 is 0.971 bits per heavy atom. The number of rotatable bonds is 6. The highest BCUT2D eigenvalue weighted by molar-refractivity contribution is 5.88. The van der Waals surface area contributed by atoms with Gasteiger partial charge < -0.3 is 14.4 Å². The maximum absolute atomic E-state index is 12.4. The zero-order valence-corrected chi connectivity index (χ0v) is 18.0. The lowest BCUT2D eigenvalue weighted by molar-refractivity contribution is -0.274. The van der Waals surface area contributed by atoms with E-state index in [1.54, 1.807) is 17.0 Å². The largest absolute Gasteiger partial charge is 0.573 e. The average molecular weight is 473 g/mol. The van der Waals surface area contributed by atoms with Crippen LogP contribution in [0.25, 0.3) is 0 Å². The minimum absolute atomic E-state index is 0.215. The predicted octanol–water partition coefficient (Wildman–Crippen LogP) is 4.52. The van der Waals surface area contributed by atoms with E-state index in [-0.39, 0.29) is 17.5 Å². The summed E-state index contributed by atoms with van der Waals surface area (Å²) in [5.74, 6) is 0.801. The SMILES string of the molecule is O=C(Nc1cnccn1)N1CCN(Cc2cccc(Oc3cccc(OC(F)(F)F)c3)c2)CC1. The summed E-state index contributed by atoms with van der Waals surface area (Å²) in [7, 11) is 0. The molecule has 8 nitrogen and oxygen atoms in total. The Labute approximate surface area is 193 Å². The smallest absolute Gasteiger partial charge is 0.457 e. The number of halogens is 3. The highest BCUT2D eigenvalue weighted by Crippen LogP contribution is 2.29. The number of carbonyl (C=O) groups excluding carboxylic acids is 1. The van der Waals surface area contributed by atoms with Gasteiger partial charge in [0.1, 0.15) is 17.2 Å². The summed E-state index contributed by atoms with van der Waals surface area (Å²) in [6.45, 7) is 3.15. The zero-order valence-electron chi connectivity index (χ0n) is 18.0. The minimum atomic E-state index is -4.76. The van der Waals surface area contributed by atoms with Crippen LogP contribution in [0.5, 0.6) is 17.2 Å². The van der Waals surface area contributed by atoms with Gasteiger partial charge in [0, 0.05) is 51.2 Å². The summed E-state index contributed by atoms with van der Waals surface area (Å²) in [5.41, 5.74) is 0.984. The van der Waals surface area contributed by atoms with Crippen LogP contribution in [0.4, 0.5) is 23.8 Å². The summed E-state index contributed by atoms with van der Waals surface area (Å²) < 4.78 is 47.0. The number of hydrogen-bond acceptors (Lipinski definition) is 6. The van der Waals surface area contributed by atoms with Gasteiger partial charge in [0.05, 0.1) is 6.20 Å². The third-order valence-electron chi connectivity index (χ3n) is 5.04. The summed E-state index contributed by atoms with van der Waals surface area (Å²) in [5, 5.41) is 2.73. The number of carbonyl (C=O) groups is 1. The van der Waals surface area contributed by atoms with Gasteiger partial charge in [-0.1, -0.05) is 18.2 Å². The van der Waals surface area contributed by atoms with Gasteiger partial charge in [-0.25, -0.2) is 9.78 Å². The van der Waals surface area contributed by atoms with Gasteiger partial charge in [0.2, 0.25) is 0 Å². The number of alkyl halides is 3. The summed E-state index contributed by atoms with van der Waals surface area (Å²) in [4.78, 5) is 24.3. The van der Waals surface area contributed by atoms with Gasteiger partial charge in [-0.3, -0.25) is 15.2 Å². The third kappa shape index (κ3) is 6.82. The van der Waals surface area contributed by atoms with E-state index in [0.717, 1.165) is 5.56 Å². The van der Waals surface area contributed by atoms with Crippen LogP contribution in [0, 0.1) is 0 Å². The Morgan fingerprint density at radius 2 is 1.68 bits per heavy atom. The van der Waals surface area contributed by atoms with Crippen LogP contribution < -0.4 is 14.8 Å². The second kappa shape index (κ2) is 10.4. The van der Waals surface area contributed by atoms with Crippen molar-refractivity contribution >= 4 is 11.8 Å². The maximum atomic E-state index is 12.4. The summed E-state index contributed by atoms with van der Waals surface area (Å²) >= 11 is 0. The Morgan fingerprint density at radius 3 is 2.38 bits per heavy atom. The zero-order chi connectivity index (χ0) is 24.0. The molecule has 3 aromatic rings. The molecule has 11 heteroatoms. The van der Waals surface area contributed by atoms with E-state index >= 15 is 0 Å². The number of ether oxygens (including phenoxy) is 2. The highest BCUT2D eigenvalue weighted by Gasteiger charge is 2.31. The van der Waals surface area contributed by atoms with Crippen LogP contribution in [-0.4, -0.2) is 58.3 Å². The van der Waals surface area contributed by atoms with Gasteiger partial charge in [0.15, 0.2) is 5.82 Å². The monoisotopic (exact) mass is 473 g/mol. The van der Waals surface area contributed by atoms with Crippen LogP contribution in [0.2, 0.25) is 0 Å². The van der Waals surface area contributed by atoms with Crippen LogP contribution in [0.15, 0.2) is 67.1 Å². The van der Waals surface area contributed by atoms with Gasteiger partial charge in [0.25, 0.3) is 0 Å². The first-order valence-corrected chi connectivity index (χ1v) is 10.5. The first kappa shape index (κ1) is 23.3. The topological polar surface area (TPSA) is 79.8 Å².